The van der Waals surface area contributed by atoms with Crippen LogP contribution in [0.1, 0.15) is 31.5 Å². The summed E-state index contributed by atoms with van der Waals surface area (Å²) in [5, 5.41) is 3.07. The Morgan fingerprint density at radius 3 is 2.85 bits per heavy atom. The monoisotopic (exact) mass is 389 g/mol. The molecule has 0 spiro atoms. The predicted molar refractivity (Wildman–Crippen MR) is 93.6 cm³/mol. The minimum absolute atomic E-state index is 0.171. The van der Waals surface area contributed by atoms with Crippen LogP contribution in [0.3, 0.4) is 0 Å². The maximum absolute atomic E-state index is 13.9. The van der Waals surface area contributed by atoms with Gasteiger partial charge < -0.3 is 9.32 Å². The fraction of sp³-hybridized carbons (Fsp3) is 0.167. The minimum atomic E-state index is -0.887. The van der Waals surface area contributed by atoms with Gasteiger partial charge in [0, 0.05) is 23.9 Å². The molecular weight excluding hydrogens is 376 g/mol. The molecule has 1 N–H and O–H groups in total. The fourth-order valence-corrected chi connectivity index (χ4v) is 3.84. The van der Waals surface area contributed by atoms with Gasteiger partial charge in [-0.05, 0) is 24.3 Å². The van der Waals surface area contributed by atoms with Crippen molar-refractivity contribution in [2.45, 2.75) is 13.0 Å². The first-order valence-corrected chi connectivity index (χ1v) is 8.90. The van der Waals surface area contributed by atoms with Crippen molar-refractivity contribution in [1.82, 2.24) is 9.88 Å². The lowest BCUT2D eigenvalue weighted by molar-refractivity contribution is 0.0731. The van der Waals surface area contributed by atoms with Gasteiger partial charge in [0.2, 0.25) is 0 Å². The number of carbonyl (C=O) groups excluding carboxylic acids is 2. The van der Waals surface area contributed by atoms with Gasteiger partial charge in [-0.3, -0.25) is 14.9 Å². The Bertz CT molecular complexity index is 1020. The van der Waals surface area contributed by atoms with Crippen LogP contribution in [0.15, 0.2) is 41.0 Å². The normalized spacial score (nSPS) is 13.3. The molecule has 2 amide bonds. The highest BCUT2D eigenvalue weighted by Gasteiger charge is 2.27. The standard InChI is InChI=1S/C18H13F2N3O3S/c19-10-3-4-11(12(20)8-10)17(25)23-6-5-13-15(9-23)27-18(21-13)22-16(24)14-2-1-7-26-14/h1-4,7-8H,5-6,9H2,(H,21,22,24). The largest absolute Gasteiger partial charge is 0.459 e. The quantitative estimate of drug-likeness (QED) is 0.744. The lowest BCUT2D eigenvalue weighted by atomic mass is 10.1. The van der Waals surface area contributed by atoms with Crippen molar-refractivity contribution in [1.29, 1.82) is 0 Å². The van der Waals surface area contributed by atoms with Gasteiger partial charge in [0.05, 0.1) is 24.1 Å². The van der Waals surface area contributed by atoms with Gasteiger partial charge in [-0.1, -0.05) is 11.3 Å². The third kappa shape index (κ3) is 3.45. The molecule has 6 nitrogen and oxygen atoms in total. The molecule has 4 rings (SSSR count). The fourth-order valence-electron chi connectivity index (χ4n) is 2.82. The van der Waals surface area contributed by atoms with E-state index in [0.717, 1.165) is 22.7 Å². The Balaban J connectivity index is 1.49. The summed E-state index contributed by atoms with van der Waals surface area (Å²) >= 11 is 1.25. The second kappa shape index (κ2) is 6.92. The van der Waals surface area contributed by atoms with Crippen LogP contribution in [0.25, 0.3) is 0 Å². The number of rotatable bonds is 3. The van der Waals surface area contributed by atoms with Gasteiger partial charge in [-0.15, -0.1) is 0 Å². The number of nitrogens with one attached hydrogen (secondary N) is 1. The second-order valence-corrected chi connectivity index (χ2v) is 7.00. The van der Waals surface area contributed by atoms with E-state index in [9.17, 15) is 18.4 Å². The highest BCUT2D eigenvalue weighted by atomic mass is 32.1. The van der Waals surface area contributed by atoms with E-state index in [0.29, 0.717) is 24.2 Å². The van der Waals surface area contributed by atoms with Crippen LogP contribution >= 0.6 is 11.3 Å². The van der Waals surface area contributed by atoms with Gasteiger partial charge >= 0.3 is 0 Å². The SMILES string of the molecule is O=C(Nc1nc2c(s1)CN(C(=O)c1ccc(F)cc1F)CC2)c1ccco1. The Labute approximate surface area is 156 Å². The Morgan fingerprint density at radius 2 is 2.11 bits per heavy atom. The number of hydrogen-bond acceptors (Lipinski definition) is 5. The zero-order valence-corrected chi connectivity index (χ0v) is 14.7. The van der Waals surface area contributed by atoms with Crippen LogP contribution in [0, 0.1) is 11.6 Å². The molecule has 0 aliphatic carbocycles. The summed E-state index contributed by atoms with van der Waals surface area (Å²) in [5.74, 6) is -2.36. The van der Waals surface area contributed by atoms with E-state index in [4.69, 9.17) is 4.42 Å². The summed E-state index contributed by atoms with van der Waals surface area (Å²) in [5.41, 5.74) is 0.620. The molecule has 0 fully saturated rings. The van der Waals surface area contributed by atoms with E-state index >= 15 is 0 Å². The number of aromatic nitrogens is 1. The molecular formula is C18H13F2N3O3S. The molecule has 138 valence electrons. The number of nitrogens with zero attached hydrogens (tertiary/aromatic N) is 2. The highest BCUT2D eigenvalue weighted by Crippen LogP contribution is 2.29. The van der Waals surface area contributed by atoms with E-state index in [1.807, 2.05) is 0 Å². The van der Waals surface area contributed by atoms with Gasteiger partial charge in [0.1, 0.15) is 11.6 Å². The first-order valence-electron chi connectivity index (χ1n) is 8.09. The van der Waals surface area contributed by atoms with Crippen LogP contribution < -0.4 is 5.32 Å². The molecule has 1 aliphatic rings. The summed E-state index contributed by atoms with van der Waals surface area (Å²) in [7, 11) is 0. The summed E-state index contributed by atoms with van der Waals surface area (Å²) in [6.07, 6.45) is 1.89. The Hall–Kier alpha value is -3.07. The van der Waals surface area contributed by atoms with Crippen LogP contribution in [-0.4, -0.2) is 28.2 Å². The predicted octanol–water partition coefficient (Wildman–Crippen LogP) is 3.47. The van der Waals surface area contributed by atoms with Crippen LogP contribution in [-0.2, 0) is 13.0 Å². The number of fused-ring (bicyclic) bond motifs is 1. The first kappa shape index (κ1) is 17.3. The van der Waals surface area contributed by atoms with Crippen molar-refractivity contribution in [3.05, 3.63) is 70.1 Å². The third-order valence-corrected chi connectivity index (χ3v) is 5.14. The number of carbonyl (C=O) groups is 2. The van der Waals surface area contributed by atoms with Crippen molar-refractivity contribution in [2.24, 2.45) is 0 Å². The zero-order valence-electron chi connectivity index (χ0n) is 13.9. The van der Waals surface area contributed by atoms with Crippen molar-refractivity contribution in [3.8, 4) is 0 Å². The topological polar surface area (TPSA) is 75.4 Å². The molecule has 3 heterocycles. The van der Waals surface area contributed by atoms with Gasteiger partial charge in [0.25, 0.3) is 11.8 Å². The van der Waals surface area contributed by atoms with Crippen molar-refractivity contribution >= 4 is 28.3 Å². The zero-order chi connectivity index (χ0) is 19.0. The maximum atomic E-state index is 13.9. The molecule has 0 bridgehead atoms. The molecule has 3 aromatic rings. The highest BCUT2D eigenvalue weighted by molar-refractivity contribution is 7.15. The number of amides is 2. The molecule has 9 heteroatoms. The lowest BCUT2D eigenvalue weighted by Crippen LogP contribution is -2.36. The van der Waals surface area contributed by atoms with E-state index < -0.39 is 23.4 Å². The molecule has 0 saturated carbocycles. The molecule has 0 unspecified atom stereocenters. The summed E-state index contributed by atoms with van der Waals surface area (Å²) in [6, 6.07) is 6.04. The molecule has 1 aliphatic heterocycles. The number of thiazole rings is 1. The first-order chi connectivity index (χ1) is 13.0. The van der Waals surface area contributed by atoms with E-state index in [2.05, 4.69) is 10.3 Å². The van der Waals surface area contributed by atoms with Gasteiger partial charge in [-0.25, -0.2) is 13.8 Å². The van der Waals surface area contributed by atoms with Crippen molar-refractivity contribution in [2.75, 3.05) is 11.9 Å². The van der Waals surface area contributed by atoms with Crippen molar-refractivity contribution < 1.29 is 22.8 Å². The van der Waals surface area contributed by atoms with Crippen LogP contribution in [0.5, 0.6) is 0 Å². The number of hydrogen-bond donors (Lipinski definition) is 1. The Kier molecular flexibility index (Phi) is 4.44. The molecule has 1 aromatic carbocycles. The van der Waals surface area contributed by atoms with Gasteiger partial charge in [0.15, 0.2) is 10.9 Å². The molecule has 0 atom stereocenters. The molecule has 0 saturated heterocycles. The molecule has 27 heavy (non-hydrogen) atoms. The number of furan rings is 1. The lowest BCUT2D eigenvalue weighted by Gasteiger charge is -2.26. The number of benzene rings is 1. The van der Waals surface area contributed by atoms with Crippen molar-refractivity contribution in [3.63, 3.8) is 0 Å². The van der Waals surface area contributed by atoms with Gasteiger partial charge in [-0.2, -0.15) is 0 Å². The minimum Gasteiger partial charge on any atom is -0.459 e. The second-order valence-electron chi connectivity index (χ2n) is 5.92. The third-order valence-electron chi connectivity index (χ3n) is 4.15. The average Bonchev–Trinajstić information content (AvgIpc) is 3.30. The number of halogens is 2. The summed E-state index contributed by atoms with van der Waals surface area (Å²) in [4.78, 5) is 31.3. The molecule has 2 aromatic heterocycles. The van der Waals surface area contributed by atoms with E-state index in [-0.39, 0.29) is 17.9 Å². The summed E-state index contributed by atoms with van der Waals surface area (Å²) < 4.78 is 32.0. The number of anilines is 1. The van der Waals surface area contributed by atoms with E-state index in [1.54, 1.807) is 12.1 Å². The van der Waals surface area contributed by atoms with E-state index in [1.165, 1.54) is 22.5 Å². The van der Waals surface area contributed by atoms with Crippen LogP contribution in [0.4, 0.5) is 13.9 Å². The molecule has 0 radical (unpaired) electrons. The summed E-state index contributed by atoms with van der Waals surface area (Å²) in [6.45, 7) is 0.608. The van der Waals surface area contributed by atoms with Crippen LogP contribution in [0.2, 0.25) is 0 Å². The Morgan fingerprint density at radius 1 is 1.26 bits per heavy atom. The smallest absolute Gasteiger partial charge is 0.293 e. The average molecular weight is 389 g/mol. The maximum Gasteiger partial charge on any atom is 0.293 e.